The largest absolute Gasteiger partial charge is 0.444 e. The molecule has 0 aromatic heterocycles. The van der Waals surface area contributed by atoms with Crippen LogP contribution < -0.4 is 0 Å². The fraction of sp³-hybridized carbons (Fsp3) is 0.818. The zero-order valence-corrected chi connectivity index (χ0v) is 10.5. The van der Waals surface area contributed by atoms with E-state index in [1.165, 1.54) is 11.8 Å². The number of ether oxygens (including phenoxy) is 2. The standard InChI is InChI=1S/C11H19NO4/c1-8(13)15-11(6-7-11)12(5)9(14)16-10(2,3)4/h6-7H2,1-5H3. The lowest BCUT2D eigenvalue weighted by Crippen LogP contribution is -2.44. The van der Waals surface area contributed by atoms with Gasteiger partial charge in [0.15, 0.2) is 5.72 Å². The van der Waals surface area contributed by atoms with Crippen LogP contribution in [0.15, 0.2) is 0 Å². The second-order valence-electron chi connectivity index (χ2n) is 5.08. The van der Waals surface area contributed by atoms with Crippen molar-refractivity contribution in [3.63, 3.8) is 0 Å². The van der Waals surface area contributed by atoms with Crippen LogP contribution in [0, 0.1) is 0 Å². The normalized spacial score (nSPS) is 17.6. The lowest BCUT2D eigenvalue weighted by Gasteiger charge is -2.30. The van der Waals surface area contributed by atoms with Gasteiger partial charge in [0.05, 0.1) is 0 Å². The molecule has 0 aromatic carbocycles. The molecule has 5 nitrogen and oxygen atoms in total. The SMILES string of the molecule is CC(=O)OC1(N(C)C(=O)OC(C)(C)C)CC1. The molecule has 92 valence electrons. The highest BCUT2D eigenvalue weighted by atomic mass is 16.6. The van der Waals surface area contributed by atoms with Crippen molar-refractivity contribution in [3.8, 4) is 0 Å². The summed E-state index contributed by atoms with van der Waals surface area (Å²) >= 11 is 0. The summed E-state index contributed by atoms with van der Waals surface area (Å²) in [6.07, 6.45) is 0.872. The Morgan fingerprint density at radius 3 is 2.06 bits per heavy atom. The Hall–Kier alpha value is -1.26. The highest BCUT2D eigenvalue weighted by Gasteiger charge is 2.53. The molecule has 16 heavy (non-hydrogen) atoms. The Kier molecular flexibility index (Phi) is 3.17. The maximum Gasteiger partial charge on any atom is 0.413 e. The van der Waals surface area contributed by atoms with Crippen LogP contribution in [0.3, 0.4) is 0 Å². The number of carbonyl (C=O) groups is 2. The first-order valence-electron chi connectivity index (χ1n) is 5.33. The van der Waals surface area contributed by atoms with E-state index in [2.05, 4.69) is 0 Å². The zero-order valence-electron chi connectivity index (χ0n) is 10.5. The van der Waals surface area contributed by atoms with Gasteiger partial charge in [-0.05, 0) is 20.8 Å². The van der Waals surface area contributed by atoms with Crippen molar-refractivity contribution in [2.24, 2.45) is 0 Å². The van der Waals surface area contributed by atoms with Gasteiger partial charge in [-0.3, -0.25) is 9.69 Å². The summed E-state index contributed by atoms with van der Waals surface area (Å²) in [4.78, 5) is 24.0. The molecule has 1 rings (SSSR count). The molecule has 1 amide bonds. The van der Waals surface area contributed by atoms with Gasteiger partial charge in [0.2, 0.25) is 0 Å². The topological polar surface area (TPSA) is 55.8 Å². The van der Waals surface area contributed by atoms with E-state index < -0.39 is 17.4 Å². The number of esters is 1. The van der Waals surface area contributed by atoms with Crippen molar-refractivity contribution < 1.29 is 19.1 Å². The monoisotopic (exact) mass is 229 g/mol. The molecule has 1 saturated carbocycles. The van der Waals surface area contributed by atoms with E-state index in [4.69, 9.17) is 9.47 Å². The highest BCUT2D eigenvalue weighted by Crippen LogP contribution is 2.42. The third-order valence-electron chi connectivity index (χ3n) is 2.29. The maximum atomic E-state index is 11.7. The fourth-order valence-electron chi connectivity index (χ4n) is 1.38. The fourth-order valence-corrected chi connectivity index (χ4v) is 1.38. The zero-order chi connectivity index (χ0) is 12.6. The Morgan fingerprint density at radius 1 is 1.25 bits per heavy atom. The average Bonchev–Trinajstić information content (AvgIpc) is 2.80. The maximum absolute atomic E-state index is 11.7. The van der Waals surface area contributed by atoms with Crippen LogP contribution in [0.25, 0.3) is 0 Å². The van der Waals surface area contributed by atoms with Gasteiger partial charge in [0.1, 0.15) is 5.60 Å². The predicted octanol–water partition coefficient (Wildman–Crippen LogP) is 1.91. The second-order valence-corrected chi connectivity index (χ2v) is 5.08. The summed E-state index contributed by atoms with van der Waals surface area (Å²) in [6.45, 7) is 6.72. The Bertz CT molecular complexity index is 302. The third-order valence-corrected chi connectivity index (χ3v) is 2.29. The molecule has 0 aliphatic heterocycles. The first-order chi connectivity index (χ1) is 7.16. The number of hydrogen-bond acceptors (Lipinski definition) is 4. The molecule has 0 N–H and O–H groups in total. The van der Waals surface area contributed by atoms with Gasteiger partial charge in [-0.15, -0.1) is 0 Å². The molecule has 0 saturated heterocycles. The minimum atomic E-state index is -0.770. The van der Waals surface area contributed by atoms with Gasteiger partial charge in [0.25, 0.3) is 0 Å². The van der Waals surface area contributed by atoms with Crippen molar-refractivity contribution in [1.29, 1.82) is 0 Å². The van der Waals surface area contributed by atoms with E-state index in [-0.39, 0.29) is 5.97 Å². The van der Waals surface area contributed by atoms with Gasteiger partial charge in [-0.1, -0.05) is 0 Å². The van der Waals surface area contributed by atoms with Crippen LogP contribution in [0.4, 0.5) is 4.79 Å². The van der Waals surface area contributed by atoms with E-state index in [0.717, 1.165) is 0 Å². The van der Waals surface area contributed by atoms with Crippen molar-refractivity contribution in [3.05, 3.63) is 0 Å². The summed E-state index contributed by atoms with van der Waals surface area (Å²) in [6, 6.07) is 0. The molecule has 1 aliphatic rings. The molecule has 0 unspecified atom stereocenters. The van der Waals surface area contributed by atoms with Crippen LogP contribution in [0.2, 0.25) is 0 Å². The molecule has 1 aliphatic carbocycles. The molecule has 0 heterocycles. The molecular formula is C11H19NO4. The summed E-state index contributed by atoms with van der Waals surface area (Å²) in [5.74, 6) is -0.382. The summed E-state index contributed by atoms with van der Waals surface area (Å²) in [7, 11) is 1.59. The Balaban J connectivity index is 2.60. The van der Waals surface area contributed by atoms with Crippen LogP contribution in [-0.2, 0) is 14.3 Å². The van der Waals surface area contributed by atoms with E-state index in [1.807, 2.05) is 0 Å². The number of hydrogen-bond donors (Lipinski definition) is 0. The number of carbonyl (C=O) groups excluding carboxylic acids is 2. The highest BCUT2D eigenvalue weighted by molar-refractivity contribution is 5.71. The number of nitrogens with zero attached hydrogens (tertiary/aromatic N) is 1. The van der Waals surface area contributed by atoms with Gasteiger partial charge in [-0.25, -0.2) is 4.79 Å². The van der Waals surface area contributed by atoms with Crippen molar-refractivity contribution in [2.45, 2.75) is 51.9 Å². The summed E-state index contributed by atoms with van der Waals surface area (Å²) in [5.41, 5.74) is -1.31. The van der Waals surface area contributed by atoms with Crippen LogP contribution in [-0.4, -0.2) is 35.3 Å². The molecular weight excluding hydrogens is 210 g/mol. The third kappa shape index (κ3) is 3.12. The smallest absolute Gasteiger partial charge is 0.413 e. The first kappa shape index (κ1) is 12.8. The minimum Gasteiger partial charge on any atom is -0.444 e. The Morgan fingerprint density at radius 2 is 1.75 bits per heavy atom. The quantitative estimate of drug-likeness (QED) is 0.536. The molecule has 0 atom stereocenters. The first-order valence-corrected chi connectivity index (χ1v) is 5.33. The number of amides is 1. The molecule has 1 fully saturated rings. The summed E-state index contributed by atoms with van der Waals surface area (Å²) < 4.78 is 10.3. The van der Waals surface area contributed by atoms with E-state index >= 15 is 0 Å². The van der Waals surface area contributed by atoms with Gasteiger partial charge < -0.3 is 9.47 Å². The Labute approximate surface area is 95.7 Å². The van der Waals surface area contributed by atoms with Crippen molar-refractivity contribution in [2.75, 3.05) is 7.05 Å². The minimum absolute atomic E-state index is 0.382. The predicted molar refractivity (Wildman–Crippen MR) is 57.7 cm³/mol. The van der Waals surface area contributed by atoms with E-state index in [9.17, 15) is 9.59 Å². The average molecular weight is 229 g/mol. The van der Waals surface area contributed by atoms with E-state index in [0.29, 0.717) is 12.8 Å². The summed E-state index contributed by atoms with van der Waals surface area (Å²) in [5, 5.41) is 0. The van der Waals surface area contributed by atoms with E-state index in [1.54, 1.807) is 27.8 Å². The molecule has 0 bridgehead atoms. The lowest BCUT2D eigenvalue weighted by atomic mass is 10.2. The molecule has 0 spiro atoms. The van der Waals surface area contributed by atoms with Crippen molar-refractivity contribution in [1.82, 2.24) is 4.90 Å². The van der Waals surface area contributed by atoms with Gasteiger partial charge >= 0.3 is 12.1 Å². The second kappa shape index (κ2) is 3.96. The van der Waals surface area contributed by atoms with Crippen molar-refractivity contribution >= 4 is 12.1 Å². The van der Waals surface area contributed by atoms with Gasteiger partial charge in [-0.2, -0.15) is 0 Å². The van der Waals surface area contributed by atoms with Crippen LogP contribution >= 0.6 is 0 Å². The molecule has 5 heteroatoms. The van der Waals surface area contributed by atoms with Gasteiger partial charge in [0, 0.05) is 26.8 Å². The lowest BCUT2D eigenvalue weighted by molar-refractivity contribution is -0.158. The number of rotatable bonds is 2. The molecule has 0 aromatic rings. The van der Waals surface area contributed by atoms with Crippen LogP contribution in [0.5, 0.6) is 0 Å². The molecule has 0 radical (unpaired) electrons. The van der Waals surface area contributed by atoms with Crippen LogP contribution in [0.1, 0.15) is 40.5 Å².